The lowest BCUT2D eigenvalue weighted by Crippen LogP contribution is -2.54. The molecule has 0 fully saturated rings. The minimum atomic E-state index is -2.45. The zero-order valence-corrected chi connectivity index (χ0v) is 31.8. The van der Waals surface area contributed by atoms with Crippen LogP contribution in [0.5, 0.6) is 5.75 Å². The smallest absolute Gasteiger partial charge is 0.407 e. The average Bonchev–Trinajstić information content (AvgIpc) is 3.52. The number of carbonyl (C=O) groups excluding carboxylic acids is 8. The van der Waals surface area contributed by atoms with E-state index in [2.05, 4.69) is 26.0 Å². The first kappa shape index (κ1) is 46.8. The number of urea groups is 1. The number of amides is 8. The number of alkyl carbamates (subject to hydrolysis) is 1. The lowest BCUT2D eigenvalue weighted by Gasteiger charge is -2.25. The Hall–Kier alpha value is -6.61. The van der Waals surface area contributed by atoms with E-state index in [1.54, 1.807) is 13.8 Å². The monoisotopic (exact) mass is 839 g/mol. The van der Waals surface area contributed by atoms with Crippen molar-refractivity contribution in [3.8, 4) is 5.75 Å². The molecule has 1 aliphatic rings. The van der Waals surface area contributed by atoms with E-state index in [9.17, 15) is 60.3 Å². The highest BCUT2D eigenvalue weighted by Gasteiger charge is 2.30. The van der Waals surface area contributed by atoms with E-state index < -0.39 is 107 Å². The normalized spacial score (nSPS) is 13.1. The zero-order valence-electron chi connectivity index (χ0n) is 31.8. The minimum absolute atomic E-state index is 0.0459. The van der Waals surface area contributed by atoms with Crippen LogP contribution in [0.2, 0.25) is 0 Å². The molecule has 0 radical (unpaired) electrons. The van der Waals surface area contributed by atoms with Crippen LogP contribution in [0.15, 0.2) is 36.4 Å². The van der Waals surface area contributed by atoms with Crippen molar-refractivity contribution in [2.24, 2.45) is 11.7 Å². The molecule has 0 saturated carbocycles. The number of carbonyl (C=O) groups is 8. The van der Waals surface area contributed by atoms with E-state index in [0.29, 0.717) is 24.8 Å². The summed E-state index contributed by atoms with van der Waals surface area (Å²) in [6.45, 7) is 2.24. The molecular formula is C37H42F5N7O10. The maximum Gasteiger partial charge on any atom is 0.407 e. The molecule has 59 heavy (non-hydrogen) atoms. The van der Waals surface area contributed by atoms with Crippen molar-refractivity contribution in [3.63, 3.8) is 0 Å². The molecule has 2 aromatic carbocycles. The van der Waals surface area contributed by atoms with Gasteiger partial charge in [0.15, 0.2) is 0 Å². The number of nitrogens with two attached hydrogens (primary N) is 1. The summed E-state index contributed by atoms with van der Waals surface area (Å²) in [4.78, 5) is 99.0. The molecule has 1 heterocycles. The summed E-state index contributed by atoms with van der Waals surface area (Å²) in [6, 6.07) is 2.78. The SMILES string of the molecule is CC(C)[C@H](NC(=O)CCCCCN1C(=O)C=CC1=O)C(=O)N[C@@H](CCCNC(N)=O)C(=O)Nc1ccc(COC(=O)NCC(=O)Oc2c(F)c(F)c(F)c(F)c2F)cc1. The Morgan fingerprint density at radius 2 is 1.37 bits per heavy atom. The predicted octanol–water partition coefficient (Wildman–Crippen LogP) is 2.71. The third kappa shape index (κ3) is 14.4. The Balaban J connectivity index is 1.51. The summed E-state index contributed by atoms with van der Waals surface area (Å²) < 4.78 is 76.4. The minimum Gasteiger partial charge on any atom is -0.445 e. The summed E-state index contributed by atoms with van der Waals surface area (Å²) in [7, 11) is 0. The van der Waals surface area contributed by atoms with Crippen molar-refractivity contribution < 1.29 is 69.8 Å². The zero-order chi connectivity index (χ0) is 43.8. The molecule has 17 nitrogen and oxygen atoms in total. The molecule has 2 atom stereocenters. The molecule has 1 aliphatic heterocycles. The molecule has 3 rings (SSSR count). The summed E-state index contributed by atoms with van der Waals surface area (Å²) >= 11 is 0. The first-order chi connectivity index (χ1) is 27.9. The Bertz CT molecular complexity index is 1900. The van der Waals surface area contributed by atoms with Crippen LogP contribution in [0.1, 0.15) is 57.9 Å². The van der Waals surface area contributed by atoms with Gasteiger partial charge in [0, 0.05) is 37.3 Å². The van der Waals surface area contributed by atoms with E-state index in [4.69, 9.17) is 10.5 Å². The quantitative estimate of drug-likeness (QED) is 0.0204. The van der Waals surface area contributed by atoms with Crippen LogP contribution in [0.25, 0.3) is 0 Å². The highest BCUT2D eigenvalue weighted by molar-refractivity contribution is 6.12. The van der Waals surface area contributed by atoms with E-state index in [-0.39, 0.29) is 44.6 Å². The van der Waals surface area contributed by atoms with Crippen LogP contribution >= 0.6 is 0 Å². The molecule has 8 amide bonds. The second-order valence-electron chi connectivity index (χ2n) is 13.2. The van der Waals surface area contributed by atoms with Crippen molar-refractivity contribution in [1.82, 2.24) is 26.2 Å². The maximum atomic E-state index is 13.7. The number of hydrogen-bond donors (Lipinski definition) is 6. The second-order valence-corrected chi connectivity index (χ2v) is 13.2. The third-order valence-corrected chi connectivity index (χ3v) is 8.41. The molecule has 0 aromatic heterocycles. The van der Waals surface area contributed by atoms with Gasteiger partial charge in [-0.05, 0) is 49.3 Å². The molecule has 320 valence electrons. The number of primary amides is 1. The van der Waals surface area contributed by atoms with Gasteiger partial charge in [-0.1, -0.05) is 32.4 Å². The standard InChI is InChI=1S/C37H42F5N7O10/c1-19(2)32(48-23(50)8-4-3-5-16-49-24(51)13-14-25(49)52)35(55)47-22(7-6-15-44-36(43)56)34(54)46-21-11-9-20(10-12-21)18-58-37(57)45-17-26(53)59-33-30(41)28(39)27(38)29(40)31(33)42/h9-14,19,22,32H,3-8,15-18H2,1-2H3,(H,45,57)(H,46,54)(H,47,55)(H,48,50)(H3,43,44,56)/t22-,32-/m0/s1. The van der Waals surface area contributed by atoms with Gasteiger partial charge in [-0.25, -0.2) is 27.6 Å². The van der Waals surface area contributed by atoms with Crippen LogP contribution < -0.4 is 37.1 Å². The van der Waals surface area contributed by atoms with E-state index >= 15 is 0 Å². The Morgan fingerprint density at radius 1 is 0.763 bits per heavy atom. The van der Waals surface area contributed by atoms with Crippen LogP contribution in [-0.4, -0.2) is 84.2 Å². The number of ether oxygens (including phenoxy) is 2. The molecule has 7 N–H and O–H groups in total. The van der Waals surface area contributed by atoms with Gasteiger partial charge in [0.1, 0.15) is 25.2 Å². The number of anilines is 1. The highest BCUT2D eigenvalue weighted by atomic mass is 19.2. The number of halogens is 5. The molecule has 0 spiro atoms. The molecule has 0 saturated heterocycles. The molecule has 0 unspecified atom stereocenters. The van der Waals surface area contributed by atoms with E-state index in [1.807, 2.05) is 5.32 Å². The van der Waals surface area contributed by atoms with Gasteiger partial charge >= 0.3 is 18.1 Å². The lowest BCUT2D eigenvalue weighted by molar-refractivity contribution is -0.137. The predicted molar refractivity (Wildman–Crippen MR) is 195 cm³/mol. The number of nitrogens with one attached hydrogen (secondary N) is 5. The number of benzene rings is 2. The van der Waals surface area contributed by atoms with Crippen molar-refractivity contribution in [2.75, 3.05) is 25.0 Å². The van der Waals surface area contributed by atoms with Gasteiger partial charge < -0.3 is 41.8 Å². The fraction of sp³-hybridized carbons (Fsp3) is 0.405. The Labute approximate surface area is 333 Å². The molecule has 0 bridgehead atoms. The number of hydrogen-bond acceptors (Lipinski definition) is 10. The number of nitrogens with zero attached hydrogens (tertiary/aromatic N) is 1. The second kappa shape index (κ2) is 22.4. The van der Waals surface area contributed by atoms with Crippen LogP contribution in [0.4, 0.5) is 37.2 Å². The van der Waals surface area contributed by atoms with Gasteiger partial charge in [-0.2, -0.15) is 8.78 Å². The van der Waals surface area contributed by atoms with Crippen LogP contribution in [-0.2, 0) is 40.1 Å². The topological polar surface area (TPSA) is 244 Å². The van der Waals surface area contributed by atoms with Gasteiger partial charge in [0.2, 0.25) is 52.6 Å². The number of rotatable bonds is 21. The fourth-order valence-electron chi connectivity index (χ4n) is 5.29. The summed E-state index contributed by atoms with van der Waals surface area (Å²) in [5.41, 5.74) is 5.73. The van der Waals surface area contributed by atoms with Crippen molar-refractivity contribution >= 4 is 53.3 Å². The van der Waals surface area contributed by atoms with E-state index in [1.165, 1.54) is 36.4 Å². The number of unbranched alkanes of at least 4 members (excludes halogenated alkanes) is 2. The van der Waals surface area contributed by atoms with Crippen LogP contribution in [0.3, 0.4) is 0 Å². The van der Waals surface area contributed by atoms with Gasteiger partial charge in [0.25, 0.3) is 11.8 Å². The van der Waals surface area contributed by atoms with Gasteiger partial charge in [-0.3, -0.25) is 28.9 Å². The maximum absolute atomic E-state index is 13.7. The van der Waals surface area contributed by atoms with Crippen molar-refractivity contribution in [3.05, 3.63) is 71.1 Å². The molecular weight excluding hydrogens is 797 g/mol. The fourth-order valence-corrected chi connectivity index (χ4v) is 5.29. The largest absolute Gasteiger partial charge is 0.445 e. The first-order valence-electron chi connectivity index (χ1n) is 18.1. The van der Waals surface area contributed by atoms with Crippen LogP contribution in [0, 0.1) is 35.0 Å². The molecule has 22 heteroatoms. The molecule has 2 aromatic rings. The van der Waals surface area contributed by atoms with Crippen molar-refractivity contribution in [2.45, 2.75) is 71.1 Å². The summed E-state index contributed by atoms with van der Waals surface area (Å²) in [5.74, 6) is -18.2. The van der Waals surface area contributed by atoms with Gasteiger partial charge in [0.05, 0.1) is 0 Å². The first-order valence-corrected chi connectivity index (χ1v) is 18.1. The lowest BCUT2D eigenvalue weighted by atomic mass is 10.0. The van der Waals surface area contributed by atoms with E-state index in [0.717, 1.165) is 4.90 Å². The van der Waals surface area contributed by atoms with Crippen molar-refractivity contribution in [1.29, 1.82) is 0 Å². The third-order valence-electron chi connectivity index (χ3n) is 8.41. The average molecular weight is 840 g/mol. The number of imide groups is 1. The summed E-state index contributed by atoms with van der Waals surface area (Å²) in [5, 5.41) is 12.2. The molecule has 0 aliphatic carbocycles. The summed E-state index contributed by atoms with van der Waals surface area (Å²) in [6.07, 6.45) is 2.94. The Kier molecular flexibility index (Phi) is 17.7. The van der Waals surface area contributed by atoms with Gasteiger partial charge in [-0.15, -0.1) is 0 Å². The highest BCUT2D eigenvalue weighted by Crippen LogP contribution is 2.29. The Morgan fingerprint density at radius 3 is 1.97 bits per heavy atom. The number of esters is 1.